The van der Waals surface area contributed by atoms with E-state index in [0.717, 1.165) is 4.90 Å². The van der Waals surface area contributed by atoms with Crippen molar-refractivity contribution in [3.63, 3.8) is 0 Å². The Balaban J connectivity index is 1.66. The fraction of sp³-hybridized carbons (Fsp3) is 0.333. The second-order valence-corrected chi connectivity index (χ2v) is 6.55. The van der Waals surface area contributed by atoms with Gasteiger partial charge in [0.15, 0.2) is 0 Å². The SMILES string of the molecule is O=C(O)CCNC(=O)CNc1ccc2c(c1)C(=O)N(C1CCC(=O)NC1=O)C2=O. The van der Waals surface area contributed by atoms with Crippen LogP contribution in [0.25, 0.3) is 0 Å². The van der Waals surface area contributed by atoms with Crippen LogP contribution >= 0.6 is 0 Å². The topological polar surface area (TPSA) is 162 Å². The fourth-order valence-electron chi connectivity index (χ4n) is 3.13. The van der Waals surface area contributed by atoms with Crippen LogP contribution in [0.4, 0.5) is 5.69 Å². The molecule has 1 aromatic carbocycles. The lowest BCUT2D eigenvalue weighted by molar-refractivity contribution is -0.138. The summed E-state index contributed by atoms with van der Waals surface area (Å²) in [5.41, 5.74) is 0.635. The Morgan fingerprint density at radius 1 is 1.14 bits per heavy atom. The van der Waals surface area contributed by atoms with Crippen molar-refractivity contribution in [3.05, 3.63) is 29.3 Å². The molecule has 4 N–H and O–H groups in total. The summed E-state index contributed by atoms with van der Waals surface area (Å²) in [4.78, 5) is 71.6. The van der Waals surface area contributed by atoms with Crippen LogP contribution in [-0.4, -0.2) is 64.6 Å². The van der Waals surface area contributed by atoms with Crippen LogP contribution in [-0.2, 0) is 19.2 Å². The molecule has 3 rings (SSSR count). The lowest BCUT2D eigenvalue weighted by Gasteiger charge is -2.27. The Morgan fingerprint density at radius 2 is 1.86 bits per heavy atom. The second kappa shape index (κ2) is 8.09. The molecule has 11 nitrogen and oxygen atoms in total. The first-order valence-corrected chi connectivity index (χ1v) is 8.86. The average molecular weight is 402 g/mol. The van der Waals surface area contributed by atoms with Crippen molar-refractivity contribution in [2.45, 2.75) is 25.3 Å². The summed E-state index contributed by atoms with van der Waals surface area (Å²) in [7, 11) is 0. The number of carbonyl (C=O) groups excluding carboxylic acids is 5. The van der Waals surface area contributed by atoms with E-state index in [4.69, 9.17) is 5.11 Å². The lowest BCUT2D eigenvalue weighted by atomic mass is 10.0. The van der Waals surface area contributed by atoms with Gasteiger partial charge in [0, 0.05) is 18.7 Å². The average Bonchev–Trinajstić information content (AvgIpc) is 2.90. The van der Waals surface area contributed by atoms with E-state index in [1.807, 2.05) is 0 Å². The number of imide groups is 2. The van der Waals surface area contributed by atoms with Crippen LogP contribution in [0.5, 0.6) is 0 Å². The second-order valence-electron chi connectivity index (χ2n) is 6.55. The third-order valence-electron chi connectivity index (χ3n) is 4.55. The standard InChI is InChI=1S/C18H18N4O7/c23-13-4-3-12(16(27)21-13)22-17(28)10-2-1-9(7-11(10)18(22)29)20-8-14(24)19-6-5-15(25)26/h1-2,7,12,20H,3-6,8H2,(H,19,24)(H,25,26)(H,21,23,27). The highest BCUT2D eigenvalue weighted by Gasteiger charge is 2.44. The van der Waals surface area contributed by atoms with Gasteiger partial charge < -0.3 is 15.7 Å². The maximum atomic E-state index is 12.7. The van der Waals surface area contributed by atoms with Gasteiger partial charge in [0.05, 0.1) is 24.1 Å². The zero-order chi connectivity index (χ0) is 21.1. The van der Waals surface area contributed by atoms with Crippen molar-refractivity contribution < 1.29 is 33.9 Å². The van der Waals surface area contributed by atoms with E-state index >= 15 is 0 Å². The molecule has 0 saturated carbocycles. The van der Waals surface area contributed by atoms with Crippen molar-refractivity contribution in [2.24, 2.45) is 0 Å². The Bertz CT molecular complexity index is 927. The molecular weight excluding hydrogens is 384 g/mol. The van der Waals surface area contributed by atoms with Gasteiger partial charge in [-0.3, -0.25) is 39.0 Å². The largest absolute Gasteiger partial charge is 0.481 e. The number of aliphatic carboxylic acids is 1. The number of nitrogens with one attached hydrogen (secondary N) is 3. The van der Waals surface area contributed by atoms with Crippen molar-refractivity contribution >= 4 is 41.2 Å². The molecule has 1 aromatic rings. The highest BCUT2D eigenvalue weighted by Crippen LogP contribution is 2.29. The first-order chi connectivity index (χ1) is 13.8. The Morgan fingerprint density at radius 3 is 2.55 bits per heavy atom. The number of fused-ring (bicyclic) bond motifs is 1. The molecule has 2 aliphatic rings. The van der Waals surface area contributed by atoms with Gasteiger partial charge >= 0.3 is 5.97 Å². The molecule has 0 radical (unpaired) electrons. The number of anilines is 1. The van der Waals surface area contributed by atoms with E-state index in [9.17, 15) is 28.8 Å². The normalized spacial score (nSPS) is 18.3. The quantitative estimate of drug-likeness (QED) is 0.426. The van der Waals surface area contributed by atoms with E-state index in [0.29, 0.717) is 5.69 Å². The maximum Gasteiger partial charge on any atom is 0.305 e. The molecule has 0 bridgehead atoms. The third-order valence-corrected chi connectivity index (χ3v) is 4.55. The van der Waals surface area contributed by atoms with Crippen molar-refractivity contribution in [3.8, 4) is 0 Å². The Labute approximate surface area is 164 Å². The number of carboxylic acid groups (broad SMARTS) is 1. The van der Waals surface area contributed by atoms with Gasteiger partial charge in [0.25, 0.3) is 11.8 Å². The first-order valence-electron chi connectivity index (χ1n) is 8.86. The molecule has 0 aliphatic carbocycles. The number of nitrogens with zero attached hydrogens (tertiary/aromatic N) is 1. The smallest absolute Gasteiger partial charge is 0.305 e. The molecular formula is C18H18N4O7. The summed E-state index contributed by atoms with van der Waals surface area (Å²) >= 11 is 0. The van der Waals surface area contributed by atoms with Crippen LogP contribution in [0.2, 0.25) is 0 Å². The number of hydrogen-bond donors (Lipinski definition) is 4. The molecule has 1 saturated heterocycles. The minimum atomic E-state index is -1.04. The monoisotopic (exact) mass is 402 g/mol. The Hall–Kier alpha value is -3.76. The van der Waals surface area contributed by atoms with E-state index in [-0.39, 0.29) is 43.5 Å². The van der Waals surface area contributed by atoms with Crippen molar-refractivity contribution in [1.82, 2.24) is 15.5 Å². The van der Waals surface area contributed by atoms with Gasteiger partial charge in [-0.25, -0.2) is 0 Å². The van der Waals surface area contributed by atoms with E-state index in [1.165, 1.54) is 18.2 Å². The fourth-order valence-corrected chi connectivity index (χ4v) is 3.13. The summed E-state index contributed by atoms with van der Waals surface area (Å²) in [6.07, 6.45) is -0.0945. The predicted molar refractivity (Wildman–Crippen MR) is 96.9 cm³/mol. The number of hydrogen-bond acceptors (Lipinski definition) is 7. The van der Waals surface area contributed by atoms with E-state index in [1.54, 1.807) is 0 Å². The zero-order valence-corrected chi connectivity index (χ0v) is 15.2. The van der Waals surface area contributed by atoms with Crippen molar-refractivity contribution in [1.29, 1.82) is 0 Å². The number of rotatable bonds is 7. The number of piperidine rings is 1. The van der Waals surface area contributed by atoms with Crippen LogP contribution in [0.15, 0.2) is 18.2 Å². The van der Waals surface area contributed by atoms with Crippen molar-refractivity contribution in [2.75, 3.05) is 18.4 Å². The van der Waals surface area contributed by atoms with Gasteiger partial charge in [0.2, 0.25) is 17.7 Å². The minimum absolute atomic E-state index is 0.00601. The lowest BCUT2D eigenvalue weighted by Crippen LogP contribution is -2.54. The summed E-state index contributed by atoms with van der Waals surface area (Å²) in [6.45, 7) is -0.161. The van der Waals surface area contributed by atoms with Gasteiger partial charge in [-0.2, -0.15) is 0 Å². The van der Waals surface area contributed by atoms with Gasteiger partial charge in [-0.05, 0) is 24.6 Å². The molecule has 11 heteroatoms. The highest BCUT2D eigenvalue weighted by atomic mass is 16.4. The summed E-state index contributed by atoms with van der Waals surface area (Å²) in [6, 6.07) is 3.30. The number of amides is 5. The highest BCUT2D eigenvalue weighted by molar-refractivity contribution is 6.23. The first kappa shape index (κ1) is 20.0. The maximum absolute atomic E-state index is 12.7. The molecule has 5 amide bonds. The van der Waals surface area contributed by atoms with Crippen LogP contribution in [0.3, 0.4) is 0 Å². The Kier molecular flexibility index (Phi) is 5.57. The minimum Gasteiger partial charge on any atom is -0.481 e. The van der Waals surface area contributed by atoms with E-state index in [2.05, 4.69) is 16.0 Å². The molecule has 1 atom stereocenters. The number of benzene rings is 1. The number of carbonyl (C=O) groups is 6. The number of carboxylic acids is 1. The molecule has 29 heavy (non-hydrogen) atoms. The zero-order valence-electron chi connectivity index (χ0n) is 15.2. The van der Waals surface area contributed by atoms with Gasteiger partial charge in [0.1, 0.15) is 6.04 Å². The third kappa shape index (κ3) is 4.23. The summed E-state index contributed by atoms with van der Waals surface area (Å²) < 4.78 is 0. The summed E-state index contributed by atoms with van der Waals surface area (Å²) in [5, 5.41) is 15.9. The molecule has 0 spiro atoms. The molecule has 0 aromatic heterocycles. The van der Waals surface area contributed by atoms with Crippen LogP contribution in [0.1, 0.15) is 40.0 Å². The molecule has 152 valence electrons. The van der Waals surface area contributed by atoms with Gasteiger partial charge in [-0.15, -0.1) is 0 Å². The predicted octanol–water partition coefficient (Wildman–Crippen LogP) is -0.909. The van der Waals surface area contributed by atoms with Crippen LogP contribution in [0, 0.1) is 0 Å². The van der Waals surface area contributed by atoms with Gasteiger partial charge in [-0.1, -0.05) is 0 Å². The van der Waals surface area contributed by atoms with Crippen LogP contribution < -0.4 is 16.0 Å². The molecule has 2 aliphatic heterocycles. The molecule has 1 unspecified atom stereocenters. The van der Waals surface area contributed by atoms with E-state index < -0.39 is 41.5 Å². The summed E-state index contributed by atoms with van der Waals surface area (Å²) in [5.74, 6) is -3.85. The molecule has 1 fully saturated rings. The molecule has 2 heterocycles.